The number of nitrogens with one attached hydrogen (secondary N) is 1. The zero-order valence-corrected chi connectivity index (χ0v) is 8.60. The zero-order chi connectivity index (χ0) is 8.81. The van der Waals surface area contributed by atoms with Gasteiger partial charge < -0.3 is 10.1 Å². The number of benzene rings is 1. The summed E-state index contributed by atoms with van der Waals surface area (Å²) in [5.74, 6) is 0.902. The fraction of sp³-hybridized carbons (Fsp3) is 0.333. The van der Waals surface area contributed by atoms with Gasteiger partial charge in [-0.05, 0) is 25.2 Å². The number of hydrogen-bond acceptors (Lipinski definition) is 2. The number of rotatable bonds is 4. The van der Waals surface area contributed by atoms with Crippen molar-refractivity contribution in [2.24, 2.45) is 0 Å². The van der Waals surface area contributed by atoms with Crippen LogP contribution in [-0.2, 0) is 0 Å². The van der Waals surface area contributed by atoms with E-state index in [9.17, 15) is 0 Å². The lowest BCUT2D eigenvalue weighted by atomic mass is 10.3. The van der Waals surface area contributed by atoms with Crippen molar-refractivity contribution in [1.82, 2.24) is 5.32 Å². The van der Waals surface area contributed by atoms with Gasteiger partial charge in [0.15, 0.2) is 0 Å². The van der Waals surface area contributed by atoms with E-state index in [-0.39, 0.29) is 0 Å². The van der Waals surface area contributed by atoms with Crippen molar-refractivity contribution >= 4 is 15.9 Å². The SMILES string of the molecule is CNCCOc1cccc(Br)c1. The number of ether oxygens (including phenoxy) is 1. The van der Waals surface area contributed by atoms with E-state index < -0.39 is 0 Å². The van der Waals surface area contributed by atoms with Crippen molar-refractivity contribution in [3.63, 3.8) is 0 Å². The number of halogens is 1. The first-order valence-corrected chi connectivity index (χ1v) is 4.65. The van der Waals surface area contributed by atoms with E-state index in [4.69, 9.17) is 4.74 Å². The predicted molar refractivity (Wildman–Crippen MR) is 53.6 cm³/mol. The molecule has 2 nitrogen and oxygen atoms in total. The Kier molecular flexibility index (Phi) is 4.11. The minimum Gasteiger partial charge on any atom is -0.492 e. The van der Waals surface area contributed by atoms with Crippen molar-refractivity contribution < 1.29 is 4.74 Å². The minimum atomic E-state index is 0.701. The van der Waals surface area contributed by atoms with Crippen LogP contribution in [0.25, 0.3) is 0 Å². The highest BCUT2D eigenvalue weighted by Crippen LogP contribution is 2.17. The first-order chi connectivity index (χ1) is 5.83. The van der Waals surface area contributed by atoms with Crippen molar-refractivity contribution in [3.8, 4) is 5.75 Å². The summed E-state index contributed by atoms with van der Waals surface area (Å²) in [5, 5.41) is 3.02. The van der Waals surface area contributed by atoms with Crippen LogP contribution in [0.15, 0.2) is 28.7 Å². The lowest BCUT2D eigenvalue weighted by Crippen LogP contribution is -2.15. The van der Waals surface area contributed by atoms with Crippen molar-refractivity contribution in [2.45, 2.75) is 0 Å². The van der Waals surface area contributed by atoms with Crippen LogP contribution in [0.1, 0.15) is 0 Å². The fourth-order valence-corrected chi connectivity index (χ4v) is 1.21. The third kappa shape index (κ3) is 3.24. The van der Waals surface area contributed by atoms with Gasteiger partial charge in [0, 0.05) is 11.0 Å². The largest absolute Gasteiger partial charge is 0.492 e. The summed E-state index contributed by atoms with van der Waals surface area (Å²) >= 11 is 3.38. The van der Waals surface area contributed by atoms with Gasteiger partial charge in [-0.2, -0.15) is 0 Å². The van der Waals surface area contributed by atoms with E-state index in [1.807, 2.05) is 31.3 Å². The average Bonchev–Trinajstić information content (AvgIpc) is 2.05. The van der Waals surface area contributed by atoms with Crippen LogP contribution in [-0.4, -0.2) is 20.2 Å². The molecule has 0 spiro atoms. The molecule has 0 atom stereocenters. The van der Waals surface area contributed by atoms with Crippen LogP contribution in [0.4, 0.5) is 0 Å². The van der Waals surface area contributed by atoms with Gasteiger partial charge in [0.1, 0.15) is 12.4 Å². The molecule has 1 N–H and O–H groups in total. The molecule has 0 amide bonds. The van der Waals surface area contributed by atoms with E-state index in [1.165, 1.54) is 0 Å². The Morgan fingerprint density at radius 1 is 1.50 bits per heavy atom. The van der Waals surface area contributed by atoms with E-state index in [0.29, 0.717) is 6.61 Å². The van der Waals surface area contributed by atoms with Gasteiger partial charge in [0.25, 0.3) is 0 Å². The van der Waals surface area contributed by atoms with E-state index >= 15 is 0 Å². The number of likely N-dealkylation sites (N-methyl/N-ethyl adjacent to an activating group) is 1. The zero-order valence-electron chi connectivity index (χ0n) is 7.01. The maximum atomic E-state index is 5.43. The lowest BCUT2D eigenvalue weighted by Gasteiger charge is -2.04. The molecular weight excluding hydrogens is 218 g/mol. The molecule has 0 bridgehead atoms. The van der Waals surface area contributed by atoms with E-state index in [0.717, 1.165) is 16.8 Å². The summed E-state index contributed by atoms with van der Waals surface area (Å²) in [6, 6.07) is 7.83. The molecular formula is C9H12BrNO. The molecule has 1 rings (SSSR count). The van der Waals surface area contributed by atoms with Gasteiger partial charge in [-0.15, -0.1) is 0 Å². The first-order valence-electron chi connectivity index (χ1n) is 3.86. The Hall–Kier alpha value is -0.540. The molecule has 0 aliphatic carbocycles. The summed E-state index contributed by atoms with van der Waals surface area (Å²) in [4.78, 5) is 0. The average molecular weight is 230 g/mol. The van der Waals surface area contributed by atoms with Crippen molar-refractivity contribution in [3.05, 3.63) is 28.7 Å². The summed E-state index contributed by atoms with van der Waals surface area (Å²) in [6.07, 6.45) is 0. The molecule has 3 heteroatoms. The molecule has 66 valence electrons. The molecule has 1 aromatic rings. The second-order valence-corrected chi connectivity index (χ2v) is 3.33. The highest BCUT2D eigenvalue weighted by Gasteiger charge is 1.92. The second kappa shape index (κ2) is 5.17. The van der Waals surface area contributed by atoms with Gasteiger partial charge in [-0.1, -0.05) is 22.0 Å². The Morgan fingerprint density at radius 3 is 3.00 bits per heavy atom. The maximum Gasteiger partial charge on any atom is 0.120 e. The topological polar surface area (TPSA) is 21.3 Å². The predicted octanol–water partition coefficient (Wildman–Crippen LogP) is 2.05. The summed E-state index contributed by atoms with van der Waals surface area (Å²) < 4.78 is 6.48. The Bertz CT molecular complexity index is 240. The third-order valence-corrected chi connectivity index (χ3v) is 1.91. The van der Waals surface area contributed by atoms with Crippen LogP contribution in [0.5, 0.6) is 5.75 Å². The molecule has 0 saturated heterocycles. The Balaban J connectivity index is 2.41. The van der Waals surface area contributed by atoms with Gasteiger partial charge >= 0.3 is 0 Å². The molecule has 0 fully saturated rings. The van der Waals surface area contributed by atoms with Crippen LogP contribution >= 0.6 is 15.9 Å². The fourth-order valence-electron chi connectivity index (χ4n) is 0.828. The van der Waals surface area contributed by atoms with E-state index in [1.54, 1.807) is 0 Å². The standard InChI is InChI=1S/C9H12BrNO/c1-11-5-6-12-9-4-2-3-8(10)7-9/h2-4,7,11H,5-6H2,1H3. The minimum absolute atomic E-state index is 0.701. The monoisotopic (exact) mass is 229 g/mol. The van der Waals surface area contributed by atoms with Crippen LogP contribution < -0.4 is 10.1 Å². The summed E-state index contributed by atoms with van der Waals surface area (Å²) in [7, 11) is 1.91. The van der Waals surface area contributed by atoms with Gasteiger partial charge in [0.2, 0.25) is 0 Å². The maximum absolute atomic E-state index is 5.43. The molecule has 0 saturated carbocycles. The molecule has 0 aliphatic rings. The van der Waals surface area contributed by atoms with Crippen LogP contribution in [0.3, 0.4) is 0 Å². The molecule has 0 aromatic heterocycles. The Labute approximate surface area is 81.1 Å². The second-order valence-electron chi connectivity index (χ2n) is 2.41. The molecule has 12 heavy (non-hydrogen) atoms. The van der Waals surface area contributed by atoms with Crippen molar-refractivity contribution in [1.29, 1.82) is 0 Å². The smallest absolute Gasteiger partial charge is 0.120 e. The molecule has 0 radical (unpaired) electrons. The lowest BCUT2D eigenvalue weighted by molar-refractivity contribution is 0.318. The molecule has 0 heterocycles. The normalized spacial score (nSPS) is 9.83. The first kappa shape index (κ1) is 9.55. The van der Waals surface area contributed by atoms with Crippen LogP contribution in [0, 0.1) is 0 Å². The highest BCUT2D eigenvalue weighted by molar-refractivity contribution is 9.10. The van der Waals surface area contributed by atoms with Gasteiger partial charge in [-0.25, -0.2) is 0 Å². The summed E-state index contributed by atoms with van der Waals surface area (Å²) in [5.41, 5.74) is 0. The van der Waals surface area contributed by atoms with Gasteiger partial charge in [-0.3, -0.25) is 0 Å². The Morgan fingerprint density at radius 2 is 2.33 bits per heavy atom. The summed E-state index contributed by atoms with van der Waals surface area (Å²) in [6.45, 7) is 1.57. The molecule has 1 aromatic carbocycles. The van der Waals surface area contributed by atoms with Crippen LogP contribution in [0.2, 0.25) is 0 Å². The molecule has 0 unspecified atom stereocenters. The van der Waals surface area contributed by atoms with Crippen molar-refractivity contribution in [2.75, 3.05) is 20.2 Å². The van der Waals surface area contributed by atoms with E-state index in [2.05, 4.69) is 21.2 Å². The molecule has 0 aliphatic heterocycles. The highest BCUT2D eigenvalue weighted by atomic mass is 79.9. The van der Waals surface area contributed by atoms with Gasteiger partial charge in [0.05, 0.1) is 0 Å². The quantitative estimate of drug-likeness (QED) is 0.799. The number of hydrogen-bond donors (Lipinski definition) is 1. The third-order valence-electron chi connectivity index (χ3n) is 1.42.